The Labute approximate surface area is 184 Å². The number of fused-ring (bicyclic) bond motifs is 7. The number of ketones is 2. The highest BCUT2D eigenvalue weighted by Gasteiger charge is 2.70. The maximum atomic E-state index is 12.7. The van der Waals surface area contributed by atoms with Gasteiger partial charge in [-0.3, -0.25) is 9.59 Å². The zero-order chi connectivity index (χ0) is 21.7. The number of carbonyl (C=O) groups is 2. The molecule has 0 radical (unpaired) electrons. The Morgan fingerprint density at radius 3 is 2.07 bits per heavy atom. The van der Waals surface area contributed by atoms with Gasteiger partial charge in [0.25, 0.3) is 0 Å². The first kappa shape index (κ1) is 21.2. The predicted octanol–water partition coefficient (Wildman–Crippen LogP) is 7.00. The highest BCUT2D eigenvalue weighted by Crippen LogP contribution is 2.77. The van der Waals surface area contributed by atoms with E-state index in [-0.39, 0.29) is 16.7 Å². The van der Waals surface area contributed by atoms with Crippen molar-refractivity contribution in [3.8, 4) is 0 Å². The highest BCUT2D eigenvalue weighted by molar-refractivity contribution is 5.82. The molecule has 5 fully saturated rings. The lowest BCUT2D eigenvalue weighted by molar-refractivity contribution is -0.249. The van der Waals surface area contributed by atoms with Gasteiger partial charge >= 0.3 is 0 Å². The number of carbonyl (C=O) groups excluding carboxylic acids is 2. The van der Waals surface area contributed by atoms with Crippen molar-refractivity contribution in [3.63, 3.8) is 0 Å². The molecule has 5 rings (SSSR count). The van der Waals surface area contributed by atoms with Crippen molar-refractivity contribution in [1.29, 1.82) is 0 Å². The van der Waals surface area contributed by atoms with Crippen molar-refractivity contribution in [2.24, 2.45) is 50.7 Å². The monoisotopic (exact) mass is 412 g/mol. The van der Waals surface area contributed by atoms with E-state index in [2.05, 4.69) is 41.5 Å². The third-order valence-electron chi connectivity index (χ3n) is 13.0. The molecule has 0 heterocycles. The quantitative estimate of drug-likeness (QED) is 0.429. The number of Topliss-reactive ketones (excluding diaryl/α,β-unsaturated/α-hetero) is 2. The molecule has 5 saturated carbocycles. The fraction of sp³-hybridized carbons (Fsp3) is 0.929. The van der Waals surface area contributed by atoms with Crippen molar-refractivity contribution in [2.75, 3.05) is 0 Å². The van der Waals surface area contributed by atoms with Crippen LogP contribution in [0.2, 0.25) is 0 Å². The Bertz CT molecular complexity index is 786. The molecule has 168 valence electrons. The summed E-state index contributed by atoms with van der Waals surface area (Å²) < 4.78 is 0. The molecule has 2 heteroatoms. The molecule has 0 aromatic heterocycles. The summed E-state index contributed by atoms with van der Waals surface area (Å²) in [5, 5.41) is 0. The maximum absolute atomic E-state index is 12.7. The van der Waals surface area contributed by atoms with Gasteiger partial charge in [-0.15, -0.1) is 0 Å². The Morgan fingerprint density at radius 2 is 1.33 bits per heavy atom. The number of rotatable bonds is 0. The molecule has 2 nitrogen and oxygen atoms in total. The van der Waals surface area contributed by atoms with E-state index < -0.39 is 0 Å². The molecule has 0 spiro atoms. The Kier molecular flexibility index (Phi) is 4.40. The van der Waals surface area contributed by atoms with E-state index in [1.807, 2.05) is 0 Å². The summed E-state index contributed by atoms with van der Waals surface area (Å²) in [6.07, 6.45) is 12.4. The first-order chi connectivity index (χ1) is 13.9. The van der Waals surface area contributed by atoms with Crippen LogP contribution >= 0.6 is 0 Å². The molecule has 0 aliphatic heterocycles. The van der Waals surface area contributed by atoms with Gasteiger partial charge < -0.3 is 0 Å². The Hall–Kier alpha value is -0.660. The van der Waals surface area contributed by atoms with Crippen LogP contribution in [-0.4, -0.2) is 11.6 Å². The van der Waals surface area contributed by atoms with Crippen molar-refractivity contribution >= 4 is 11.6 Å². The summed E-state index contributed by atoms with van der Waals surface area (Å²) >= 11 is 0. The van der Waals surface area contributed by atoms with Gasteiger partial charge in [-0.1, -0.05) is 41.5 Å². The molecule has 0 N–H and O–H groups in total. The fourth-order valence-corrected chi connectivity index (χ4v) is 10.7. The maximum Gasteiger partial charge on any atom is 0.136 e. The van der Waals surface area contributed by atoms with Crippen LogP contribution in [0.4, 0.5) is 0 Å². The minimum absolute atomic E-state index is 0.189. The van der Waals surface area contributed by atoms with Gasteiger partial charge in [0.2, 0.25) is 0 Å². The van der Waals surface area contributed by atoms with Crippen LogP contribution in [0.5, 0.6) is 0 Å². The largest absolute Gasteiger partial charge is 0.300 e. The molecule has 0 amide bonds. The average molecular weight is 413 g/mol. The summed E-state index contributed by atoms with van der Waals surface area (Å²) in [6.45, 7) is 15.0. The second kappa shape index (κ2) is 6.22. The van der Waals surface area contributed by atoms with Crippen molar-refractivity contribution in [2.45, 2.75) is 112 Å². The molecule has 9 atom stereocenters. The SMILES string of the molecule is CC1C(=O)CCC2C1(C)CCC1C2(C)CCC2(C)C3CC(=O)CCC3(C)CCC12C. The third-order valence-corrected chi connectivity index (χ3v) is 13.0. The number of hydrogen-bond acceptors (Lipinski definition) is 2. The van der Waals surface area contributed by atoms with E-state index in [0.29, 0.717) is 39.6 Å². The first-order valence-corrected chi connectivity index (χ1v) is 13.0. The lowest BCUT2D eigenvalue weighted by Gasteiger charge is -2.74. The lowest BCUT2D eigenvalue weighted by atomic mass is 9.30. The standard InChI is InChI=1S/C28H44O2/c1-18-20(30)7-8-21-25(18,3)12-10-22-26(21,4)14-16-28(6)23-17-19(29)9-11-24(23,2)13-15-27(22,28)5/h18,21-23H,7-17H2,1-6H3. The van der Waals surface area contributed by atoms with Crippen LogP contribution in [0.1, 0.15) is 112 Å². The highest BCUT2D eigenvalue weighted by atomic mass is 16.1. The zero-order valence-electron chi connectivity index (χ0n) is 20.4. The second-order valence-corrected chi connectivity index (χ2v) is 13.7. The smallest absolute Gasteiger partial charge is 0.136 e. The Balaban J connectivity index is 1.55. The fourth-order valence-electron chi connectivity index (χ4n) is 10.7. The summed E-state index contributed by atoms with van der Waals surface area (Å²) in [4.78, 5) is 25.2. The minimum Gasteiger partial charge on any atom is -0.300 e. The van der Waals surface area contributed by atoms with Gasteiger partial charge in [-0.05, 0) is 96.2 Å². The van der Waals surface area contributed by atoms with Crippen LogP contribution in [-0.2, 0) is 9.59 Å². The van der Waals surface area contributed by atoms with E-state index >= 15 is 0 Å². The van der Waals surface area contributed by atoms with Crippen LogP contribution in [0, 0.1) is 50.7 Å². The zero-order valence-corrected chi connectivity index (χ0v) is 20.4. The summed E-state index contributed by atoms with van der Waals surface area (Å²) in [5.74, 6) is 3.24. The topological polar surface area (TPSA) is 34.1 Å². The normalized spacial score (nSPS) is 58.3. The average Bonchev–Trinajstić information content (AvgIpc) is 2.69. The Morgan fingerprint density at radius 1 is 0.667 bits per heavy atom. The van der Waals surface area contributed by atoms with Crippen LogP contribution in [0.15, 0.2) is 0 Å². The molecule has 9 unspecified atom stereocenters. The van der Waals surface area contributed by atoms with E-state index in [0.717, 1.165) is 38.0 Å². The molecule has 30 heavy (non-hydrogen) atoms. The molecule has 5 aliphatic rings. The summed E-state index contributed by atoms with van der Waals surface area (Å²) in [7, 11) is 0. The number of hydrogen-bond donors (Lipinski definition) is 0. The summed E-state index contributed by atoms with van der Waals surface area (Å²) in [6, 6.07) is 0. The van der Waals surface area contributed by atoms with E-state index in [4.69, 9.17) is 0 Å². The third kappa shape index (κ3) is 2.38. The minimum atomic E-state index is 0.189. The van der Waals surface area contributed by atoms with Gasteiger partial charge in [0, 0.05) is 25.2 Å². The molecular weight excluding hydrogens is 368 g/mol. The molecule has 0 bridgehead atoms. The van der Waals surface area contributed by atoms with Gasteiger partial charge in [0.05, 0.1) is 0 Å². The van der Waals surface area contributed by atoms with E-state index in [9.17, 15) is 9.59 Å². The molecule has 0 saturated heterocycles. The second-order valence-electron chi connectivity index (χ2n) is 13.7. The molecular formula is C28H44O2. The first-order valence-electron chi connectivity index (χ1n) is 13.0. The van der Waals surface area contributed by atoms with Gasteiger partial charge in [-0.25, -0.2) is 0 Å². The van der Waals surface area contributed by atoms with Gasteiger partial charge in [0.1, 0.15) is 11.6 Å². The van der Waals surface area contributed by atoms with Crippen LogP contribution in [0.25, 0.3) is 0 Å². The molecule has 0 aromatic rings. The van der Waals surface area contributed by atoms with Gasteiger partial charge in [-0.2, -0.15) is 0 Å². The van der Waals surface area contributed by atoms with E-state index in [1.165, 1.54) is 38.5 Å². The summed E-state index contributed by atoms with van der Waals surface area (Å²) in [5.41, 5.74) is 1.51. The molecule has 5 aliphatic carbocycles. The van der Waals surface area contributed by atoms with Crippen LogP contribution < -0.4 is 0 Å². The van der Waals surface area contributed by atoms with Crippen molar-refractivity contribution < 1.29 is 9.59 Å². The van der Waals surface area contributed by atoms with Gasteiger partial charge in [0.15, 0.2) is 0 Å². The molecule has 0 aromatic carbocycles. The van der Waals surface area contributed by atoms with Crippen molar-refractivity contribution in [1.82, 2.24) is 0 Å². The lowest BCUT2D eigenvalue weighted by Crippen LogP contribution is -2.67. The van der Waals surface area contributed by atoms with Crippen LogP contribution in [0.3, 0.4) is 0 Å². The van der Waals surface area contributed by atoms with Crippen molar-refractivity contribution in [3.05, 3.63) is 0 Å². The van der Waals surface area contributed by atoms with E-state index in [1.54, 1.807) is 0 Å². The predicted molar refractivity (Wildman–Crippen MR) is 121 cm³/mol.